The Balaban J connectivity index is 1.96. The predicted octanol–water partition coefficient (Wildman–Crippen LogP) is 3.03. The number of hydrogen-bond donors (Lipinski definition) is 2. The number of amides is 2. The third-order valence-corrected chi connectivity index (χ3v) is 3.24. The maximum atomic E-state index is 12.0. The Kier molecular flexibility index (Phi) is 5.68. The number of nitrogens with one attached hydrogen (secondary N) is 2. The molecule has 0 radical (unpaired) electrons. The minimum atomic E-state index is -0.323. The summed E-state index contributed by atoms with van der Waals surface area (Å²) in [5.41, 5.74) is 1.51. The van der Waals surface area contributed by atoms with Crippen molar-refractivity contribution in [3.05, 3.63) is 48.0 Å². The topological polar surface area (TPSA) is 68.8 Å². The van der Waals surface area contributed by atoms with Crippen LogP contribution >= 0.6 is 0 Å². The molecule has 0 saturated heterocycles. The van der Waals surface area contributed by atoms with Crippen molar-refractivity contribution in [3.8, 4) is 17.2 Å². The molecule has 0 saturated carbocycles. The van der Waals surface area contributed by atoms with Crippen molar-refractivity contribution in [1.82, 2.24) is 5.32 Å². The molecule has 0 bridgehead atoms. The van der Waals surface area contributed by atoms with Gasteiger partial charge in [0.15, 0.2) is 0 Å². The lowest BCUT2D eigenvalue weighted by Gasteiger charge is -2.12. The fourth-order valence-electron chi connectivity index (χ4n) is 2.03. The summed E-state index contributed by atoms with van der Waals surface area (Å²) < 4.78 is 15.5. The number of hydrogen-bond acceptors (Lipinski definition) is 4. The molecule has 0 atom stereocenters. The van der Waals surface area contributed by atoms with E-state index in [0.717, 1.165) is 11.3 Å². The highest BCUT2D eigenvalue weighted by atomic mass is 16.5. The van der Waals surface area contributed by atoms with Gasteiger partial charge in [-0.1, -0.05) is 12.1 Å². The van der Waals surface area contributed by atoms with Crippen LogP contribution in [0.5, 0.6) is 17.2 Å². The van der Waals surface area contributed by atoms with Crippen LogP contribution < -0.4 is 24.8 Å². The van der Waals surface area contributed by atoms with Crippen molar-refractivity contribution in [2.75, 3.05) is 26.6 Å². The van der Waals surface area contributed by atoms with Gasteiger partial charge in [-0.25, -0.2) is 4.79 Å². The first kappa shape index (κ1) is 16.5. The van der Waals surface area contributed by atoms with E-state index in [-0.39, 0.29) is 6.03 Å². The van der Waals surface area contributed by atoms with Gasteiger partial charge in [0.1, 0.15) is 17.2 Å². The molecule has 0 heterocycles. The molecule has 0 unspecified atom stereocenters. The van der Waals surface area contributed by atoms with E-state index in [2.05, 4.69) is 10.6 Å². The standard InChI is InChI=1S/C17H20N2O4/c1-21-13-6-4-5-12(9-13)11-18-17(20)19-15-8-7-14(22-2)10-16(15)23-3/h4-10H,11H2,1-3H3,(H2,18,19,20). The number of anilines is 1. The molecule has 0 aliphatic rings. The third kappa shape index (κ3) is 4.54. The van der Waals surface area contributed by atoms with Crippen molar-refractivity contribution >= 4 is 11.7 Å². The quantitative estimate of drug-likeness (QED) is 0.859. The minimum Gasteiger partial charge on any atom is -0.497 e. The molecule has 0 fully saturated rings. The van der Waals surface area contributed by atoms with Crippen LogP contribution in [-0.2, 0) is 6.54 Å². The summed E-state index contributed by atoms with van der Waals surface area (Å²) in [4.78, 5) is 12.0. The zero-order chi connectivity index (χ0) is 16.7. The van der Waals surface area contributed by atoms with E-state index in [1.54, 1.807) is 32.4 Å². The van der Waals surface area contributed by atoms with Crippen molar-refractivity contribution in [2.24, 2.45) is 0 Å². The molecule has 2 aromatic rings. The first-order valence-electron chi connectivity index (χ1n) is 7.06. The van der Waals surface area contributed by atoms with Gasteiger partial charge in [-0.2, -0.15) is 0 Å². The maximum Gasteiger partial charge on any atom is 0.319 e. The Bertz CT molecular complexity index is 673. The highest BCUT2D eigenvalue weighted by Crippen LogP contribution is 2.28. The van der Waals surface area contributed by atoms with Crippen LogP contribution in [0.15, 0.2) is 42.5 Å². The zero-order valence-electron chi connectivity index (χ0n) is 13.4. The summed E-state index contributed by atoms with van der Waals surface area (Å²) in [5, 5.41) is 5.54. The summed E-state index contributed by atoms with van der Waals surface area (Å²) in [6.07, 6.45) is 0. The average Bonchev–Trinajstić information content (AvgIpc) is 2.60. The van der Waals surface area contributed by atoms with Crippen LogP contribution in [0.3, 0.4) is 0 Å². The zero-order valence-corrected chi connectivity index (χ0v) is 13.4. The van der Waals surface area contributed by atoms with Crippen molar-refractivity contribution < 1.29 is 19.0 Å². The number of carbonyl (C=O) groups excluding carboxylic acids is 1. The number of rotatable bonds is 6. The predicted molar refractivity (Wildman–Crippen MR) is 88.4 cm³/mol. The van der Waals surface area contributed by atoms with Gasteiger partial charge in [-0.3, -0.25) is 0 Å². The molecule has 0 aliphatic carbocycles. The van der Waals surface area contributed by atoms with Crippen molar-refractivity contribution in [2.45, 2.75) is 6.54 Å². The average molecular weight is 316 g/mol. The molecule has 23 heavy (non-hydrogen) atoms. The number of urea groups is 1. The summed E-state index contributed by atoms with van der Waals surface area (Å²) in [6, 6.07) is 12.4. The second-order valence-electron chi connectivity index (χ2n) is 4.73. The fraction of sp³-hybridized carbons (Fsp3) is 0.235. The Hall–Kier alpha value is -2.89. The molecule has 0 aromatic heterocycles. The van der Waals surface area contributed by atoms with E-state index in [4.69, 9.17) is 14.2 Å². The molecule has 6 heteroatoms. The van der Waals surface area contributed by atoms with Gasteiger partial charge in [-0.15, -0.1) is 0 Å². The van der Waals surface area contributed by atoms with Crippen LogP contribution in [0, 0.1) is 0 Å². The van der Waals surface area contributed by atoms with Gasteiger partial charge in [0.05, 0.1) is 27.0 Å². The monoisotopic (exact) mass is 316 g/mol. The number of ether oxygens (including phenoxy) is 3. The van der Waals surface area contributed by atoms with Crippen LogP contribution in [0.2, 0.25) is 0 Å². The van der Waals surface area contributed by atoms with Crippen molar-refractivity contribution in [1.29, 1.82) is 0 Å². The van der Waals surface area contributed by atoms with Gasteiger partial charge in [-0.05, 0) is 29.8 Å². The van der Waals surface area contributed by atoms with E-state index < -0.39 is 0 Å². The molecule has 0 aliphatic heterocycles. The van der Waals surface area contributed by atoms with Gasteiger partial charge < -0.3 is 24.8 Å². The van der Waals surface area contributed by atoms with Gasteiger partial charge >= 0.3 is 6.03 Å². The van der Waals surface area contributed by atoms with Gasteiger partial charge in [0, 0.05) is 12.6 Å². The second-order valence-corrected chi connectivity index (χ2v) is 4.73. The highest BCUT2D eigenvalue weighted by molar-refractivity contribution is 5.91. The van der Waals surface area contributed by atoms with E-state index >= 15 is 0 Å². The SMILES string of the molecule is COc1cccc(CNC(=O)Nc2ccc(OC)cc2OC)c1. The molecule has 6 nitrogen and oxygen atoms in total. The van der Waals surface area contributed by atoms with Crippen molar-refractivity contribution in [3.63, 3.8) is 0 Å². The molecular weight excluding hydrogens is 296 g/mol. The summed E-state index contributed by atoms with van der Waals surface area (Å²) in [7, 11) is 4.71. The van der Waals surface area contributed by atoms with E-state index in [1.807, 2.05) is 24.3 Å². The Morgan fingerprint density at radius 2 is 1.70 bits per heavy atom. The largest absolute Gasteiger partial charge is 0.497 e. The normalized spacial score (nSPS) is 9.87. The second kappa shape index (κ2) is 7.93. The van der Waals surface area contributed by atoms with Crippen LogP contribution in [0.1, 0.15) is 5.56 Å². The van der Waals surface area contributed by atoms with E-state index in [1.165, 1.54) is 7.11 Å². The lowest BCUT2D eigenvalue weighted by atomic mass is 10.2. The molecule has 122 valence electrons. The maximum absolute atomic E-state index is 12.0. The fourth-order valence-corrected chi connectivity index (χ4v) is 2.03. The molecule has 2 amide bonds. The Morgan fingerprint density at radius 1 is 0.957 bits per heavy atom. The van der Waals surface area contributed by atoms with E-state index in [9.17, 15) is 4.79 Å². The molecule has 0 spiro atoms. The van der Waals surface area contributed by atoms with Crippen LogP contribution in [0.25, 0.3) is 0 Å². The number of carbonyl (C=O) groups is 1. The number of benzene rings is 2. The number of methoxy groups -OCH3 is 3. The lowest BCUT2D eigenvalue weighted by molar-refractivity contribution is 0.251. The third-order valence-electron chi connectivity index (χ3n) is 3.24. The molecule has 2 rings (SSSR count). The first-order chi connectivity index (χ1) is 11.2. The lowest BCUT2D eigenvalue weighted by Crippen LogP contribution is -2.28. The Morgan fingerprint density at radius 3 is 2.39 bits per heavy atom. The van der Waals surface area contributed by atoms with Crippen LogP contribution in [-0.4, -0.2) is 27.4 Å². The van der Waals surface area contributed by atoms with E-state index in [0.29, 0.717) is 23.7 Å². The summed E-state index contributed by atoms with van der Waals surface area (Å²) in [5.74, 6) is 1.94. The molecule has 2 aromatic carbocycles. The first-order valence-corrected chi connectivity index (χ1v) is 7.06. The minimum absolute atomic E-state index is 0.323. The van der Waals surface area contributed by atoms with Gasteiger partial charge in [0.25, 0.3) is 0 Å². The van der Waals surface area contributed by atoms with Gasteiger partial charge in [0.2, 0.25) is 0 Å². The molecular formula is C17H20N2O4. The summed E-state index contributed by atoms with van der Waals surface area (Å²) in [6.45, 7) is 0.390. The van der Waals surface area contributed by atoms with Crippen LogP contribution in [0.4, 0.5) is 10.5 Å². The highest BCUT2D eigenvalue weighted by Gasteiger charge is 2.08. The molecule has 2 N–H and O–H groups in total. The Labute approximate surface area is 135 Å². The smallest absolute Gasteiger partial charge is 0.319 e. The summed E-state index contributed by atoms with van der Waals surface area (Å²) >= 11 is 0.